The second kappa shape index (κ2) is 4.44. The first kappa shape index (κ1) is 16.2. The van der Waals surface area contributed by atoms with Crippen LogP contribution < -0.4 is 0 Å². The van der Waals surface area contributed by atoms with E-state index < -0.39 is 28.7 Å². The topological polar surface area (TPSA) is 17.1 Å². The molecule has 0 aromatic heterocycles. The molecule has 4 aliphatic carbocycles. The quantitative estimate of drug-likeness (QED) is 0.668. The highest BCUT2D eigenvalue weighted by Crippen LogP contribution is 2.63. The van der Waals surface area contributed by atoms with Crippen LogP contribution in [0.4, 0.5) is 22.0 Å². The van der Waals surface area contributed by atoms with Gasteiger partial charge in [-0.3, -0.25) is 4.79 Å². The molecule has 126 valence electrons. The van der Waals surface area contributed by atoms with Gasteiger partial charge in [-0.15, -0.1) is 0 Å². The molecule has 0 spiro atoms. The molecular weight excluding hydrogens is 303 g/mol. The minimum atomic E-state index is -5.12. The van der Waals surface area contributed by atoms with Crippen LogP contribution in [0.2, 0.25) is 0 Å². The molecule has 0 amide bonds. The summed E-state index contributed by atoms with van der Waals surface area (Å²) in [6.07, 6.45) is -1.24. The summed E-state index contributed by atoms with van der Waals surface area (Å²) >= 11 is 0. The van der Waals surface area contributed by atoms with Crippen molar-refractivity contribution in [1.82, 2.24) is 0 Å². The van der Waals surface area contributed by atoms with E-state index >= 15 is 0 Å². The Hall–Kier alpha value is -0.680. The van der Waals surface area contributed by atoms with Crippen LogP contribution in [-0.4, -0.2) is 17.9 Å². The number of hydrogen-bond donors (Lipinski definition) is 0. The van der Waals surface area contributed by atoms with Gasteiger partial charge in [0, 0.05) is 5.41 Å². The molecule has 4 fully saturated rings. The molecule has 0 aromatic carbocycles. The molecule has 0 aliphatic heterocycles. The molecule has 0 N–H and O–H groups in total. The van der Waals surface area contributed by atoms with E-state index in [0.29, 0.717) is 33.1 Å². The molecule has 4 aliphatic rings. The van der Waals surface area contributed by atoms with Crippen LogP contribution in [0.3, 0.4) is 0 Å². The zero-order valence-electron chi connectivity index (χ0n) is 12.8. The van der Waals surface area contributed by atoms with E-state index in [1.807, 2.05) is 0 Å². The van der Waals surface area contributed by atoms with E-state index in [1.54, 1.807) is 0 Å². The number of alkyl halides is 5. The smallest absolute Gasteiger partial charge is 0.292 e. The van der Waals surface area contributed by atoms with Gasteiger partial charge < -0.3 is 0 Å². The third-order valence-corrected chi connectivity index (χ3v) is 6.30. The summed E-state index contributed by atoms with van der Waals surface area (Å²) in [7, 11) is 0. The van der Waals surface area contributed by atoms with Crippen molar-refractivity contribution >= 4 is 5.78 Å². The van der Waals surface area contributed by atoms with Crippen molar-refractivity contribution in [2.45, 2.75) is 64.5 Å². The minimum absolute atomic E-state index is 0.236. The zero-order valence-corrected chi connectivity index (χ0v) is 12.8. The SMILES string of the molecule is CC(C)(C(F)(F)F)C(F)(F)C(=O)C12CC3CC(CC(C3)C1)C2. The number of Topliss-reactive ketones (excluding diaryl/α,β-unsaturated/α-hetero) is 1. The summed E-state index contributed by atoms with van der Waals surface area (Å²) in [5.74, 6) is -5.13. The van der Waals surface area contributed by atoms with Crippen LogP contribution in [-0.2, 0) is 4.79 Å². The van der Waals surface area contributed by atoms with Gasteiger partial charge in [-0.05, 0) is 70.1 Å². The van der Waals surface area contributed by atoms with Gasteiger partial charge in [-0.1, -0.05) is 0 Å². The first-order valence-electron chi connectivity index (χ1n) is 7.88. The molecular formula is C16H21F5O. The van der Waals surface area contributed by atoms with Crippen molar-refractivity contribution in [1.29, 1.82) is 0 Å². The Kier molecular flexibility index (Phi) is 3.27. The largest absolute Gasteiger partial charge is 0.400 e. The van der Waals surface area contributed by atoms with E-state index in [-0.39, 0.29) is 17.8 Å². The summed E-state index contributed by atoms with van der Waals surface area (Å²) in [6.45, 7) is 0.872. The number of halogens is 5. The first-order chi connectivity index (χ1) is 9.89. The lowest BCUT2D eigenvalue weighted by Gasteiger charge is -2.57. The van der Waals surface area contributed by atoms with Gasteiger partial charge in [0.15, 0.2) is 0 Å². The maximum absolute atomic E-state index is 14.5. The summed E-state index contributed by atoms with van der Waals surface area (Å²) < 4.78 is 68.1. The fourth-order valence-electron chi connectivity index (χ4n) is 5.18. The van der Waals surface area contributed by atoms with Crippen molar-refractivity contribution in [3.05, 3.63) is 0 Å². The molecule has 0 aromatic rings. The Morgan fingerprint density at radius 1 is 0.864 bits per heavy atom. The predicted octanol–water partition coefficient (Wildman–Crippen LogP) is 5.00. The Labute approximate surface area is 126 Å². The predicted molar refractivity (Wildman–Crippen MR) is 70.4 cm³/mol. The van der Waals surface area contributed by atoms with Crippen LogP contribution in [0, 0.1) is 28.6 Å². The average Bonchev–Trinajstić information content (AvgIpc) is 2.34. The standard InChI is InChI=1S/C16H21F5O/c1-13(2,16(19,20)21)15(17,18)12(22)14-6-9-3-10(7-14)5-11(4-9)8-14/h9-11H,3-8H2,1-2H3. The molecule has 0 unspecified atom stereocenters. The van der Waals surface area contributed by atoms with Crippen LogP contribution in [0.5, 0.6) is 0 Å². The number of rotatable bonds is 3. The van der Waals surface area contributed by atoms with E-state index in [4.69, 9.17) is 0 Å². The first-order valence-corrected chi connectivity index (χ1v) is 7.88. The molecule has 4 rings (SSSR count). The van der Waals surface area contributed by atoms with Gasteiger partial charge in [0.05, 0.1) is 0 Å². The Balaban J connectivity index is 1.93. The van der Waals surface area contributed by atoms with Crippen LogP contribution in [0.15, 0.2) is 0 Å². The van der Waals surface area contributed by atoms with Gasteiger partial charge >= 0.3 is 12.1 Å². The van der Waals surface area contributed by atoms with Crippen molar-refractivity contribution in [3.8, 4) is 0 Å². The van der Waals surface area contributed by atoms with Gasteiger partial charge in [-0.2, -0.15) is 22.0 Å². The lowest BCUT2D eigenvalue weighted by atomic mass is 9.47. The van der Waals surface area contributed by atoms with E-state index in [1.165, 1.54) is 0 Å². The van der Waals surface area contributed by atoms with Crippen molar-refractivity contribution < 1.29 is 26.7 Å². The van der Waals surface area contributed by atoms with Gasteiger partial charge in [0.25, 0.3) is 0 Å². The fraction of sp³-hybridized carbons (Fsp3) is 0.938. The molecule has 4 bridgehead atoms. The zero-order chi connectivity index (χ0) is 16.6. The second-order valence-corrected chi connectivity index (χ2v) is 8.22. The fourth-order valence-corrected chi connectivity index (χ4v) is 5.18. The van der Waals surface area contributed by atoms with E-state index in [9.17, 15) is 26.7 Å². The van der Waals surface area contributed by atoms with Crippen LogP contribution in [0.1, 0.15) is 52.4 Å². The van der Waals surface area contributed by atoms with E-state index in [2.05, 4.69) is 0 Å². The Bertz CT molecular complexity index is 452. The minimum Gasteiger partial charge on any atom is -0.292 e. The van der Waals surface area contributed by atoms with E-state index in [0.717, 1.165) is 19.3 Å². The van der Waals surface area contributed by atoms with Crippen molar-refractivity contribution in [3.63, 3.8) is 0 Å². The molecule has 0 saturated heterocycles. The number of carbonyl (C=O) groups is 1. The van der Waals surface area contributed by atoms with Crippen LogP contribution >= 0.6 is 0 Å². The van der Waals surface area contributed by atoms with Crippen molar-refractivity contribution in [2.24, 2.45) is 28.6 Å². The number of carbonyl (C=O) groups excluding carboxylic acids is 1. The van der Waals surface area contributed by atoms with Gasteiger partial charge in [-0.25, -0.2) is 0 Å². The lowest BCUT2D eigenvalue weighted by Crippen LogP contribution is -2.60. The highest BCUT2D eigenvalue weighted by atomic mass is 19.4. The molecule has 0 radical (unpaired) electrons. The number of hydrogen-bond acceptors (Lipinski definition) is 1. The average molecular weight is 324 g/mol. The normalized spacial score (nSPS) is 38.4. The third-order valence-electron chi connectivity index (χ3n) is 6.30. The maximum atomic E-state index is 14.5. The van der Waals surface area contributed by atoms with Crippen molar-refractivity contribution in [2.75, 3.05) is 0 Å². The monoisotopic (exact) mass is 324 g/mol. The second-order valence-electron chi connectivity index (χ2n) is 8.22. The molecule has 6 heteroatoms. The maximum Gasteiger partial charge on any atom is 0.400 e. The highest BCUT2D eigenvalue weighted by molar-refractivity contribution is 5.92. The molecule has 22 heavy (non-hydrogen) atoms. The van der Waals surface area contributed by atoms with Crippen LogP contribution in [0.25, 0.3) is 0 Å². The third kappa shape index (κ3) is 2.04. The summed E-state index contributed by atoms with van der Waals surface area (Å²) in [4.78, 5) is 12.6. The highest BCUT2D eigenvalue weighted by Gasteiger charge is 2.70. The summed E-state index contributed by atoms with van der Waals surface area (Å²) in [5, 5.41) is 0. The molecule has 0 atom stereocenters. The lowest BCUT2D eigenvalue weighted by molar-refractivity contribution is -0.281. The Morgan fingerprint density at radius 2 is 1.23 bits per heavy atom. The molecule has 4 saturated carbocycles. The summed E-state index contributed by atoms with van der Waals surface area (Å²) in [5.41, 5.74) is -4.55. The number of ketones is 1. The summed E-state index contributed by atoms with van der Waals surface area (Å²) in [6, 6.07) is 0. The Morgan fingerprint density at radius 3 is 1.55 bits per heavy atom. The van der Waals surface area contributed by atoms with Gasteiger partial charge in [0.1, 0.15) is 5.41 Å². The molecule has 0 heterocycles. The van der Waals surface area contributed by atoms with Gasteiger partial charge in [0.2, 0.25) is 5.78 Å². The molecule has 1 nitrogen and oxygen atoms in total.